The van der Waals surface area contributed by atoms with Crippen molar-refractivity contribution in [3.8, 4) is 0 Å². The van der Waals surface area contributed by atoms with Crippen molar-refractivity contribution in [1.82, 2.24) is 4.90 Å². The summed E-state index contributed by atoms with van der Waals surface area (Å²) in [6, 6.07) is 0. The van der Waals surface area contributed by atoms with E-state index in [1.807, 2.05) is 11.8 Å². The molecule has 0 aliphatic rings. The highest BCUT2D eigenvalue weighted by atomic mass is 16.2. The van der Waals surface area contributed by atoms with Crippen LogP contribution < -0.4 is 5.73 Å². The molecule has 0 saturated heterocycles. The van der Waals surface area contributed by atoms with E-state index in [1.54, 1.807) is 0 Å². The maximum absolute atomic E-state index is 11.7. The highest BCUT2D eigenvalue weighted by Crippen LogP contribution is 2.19. The SMILES string of the molecule is CCN(CCN)C(=O)CC(C)(C)C. The van der Waals surface area contributed by atoms with E-state index >= 15 is 0 Å². The van der Waals surface area contributed by atoms with Gasteiger partial charge in [0.25, 0.3) is 0 Å². The molecule has 0 aliphatic heterocycles. The molecule has 0 aromatic carbocycles. The molecule has 0 saturated carbocycles. The van der Waals surface area contributed by atoms with Gasteiger partial charge in [-0.15, -0.1) is 0 Å². The van der Waals surface area contributed by atoms with Crippen LogP contribution in [0.5, 0.6) is 0 Å². The van der Waals surface area contributed by atoms with Crippen LogP contribution in [-0.2, 0) is 4.79 Å². The second kappa shape index (κ2) is 5.22. The van der Waals surface area contributed by atoms with Crippen LogP contribution in [-0.4, -0.2) is 30.4 Å². The van der Waals surface area contributed by atoms with E-state index in [0.717, 1.165) is 6.54 Å². The van der Waals surface area contributed by atoms with Gasteiger partial charge in [0, 0.05) is 26.1 Å². The monoisotopic (exact) mass is 186 g/mol. The number of amides is 1. The quantitative estimate of drug-likeness (QED) is 0.717. The van der Waals surface area contributed by atoms with Crippen LogP contribution in [0.25, 0.3) is 0 Å². The second-order valence-electron chi connectivity index (χ2n) is 4.50. The topological polar surface area (TPSA) is 46.3 Å². The maximum atomic E-state index is 11.7. The predicted octanol–water partition coefficient (Wildman–Crippen LogP) is 1.23. The number of nitrogens with two attached hydrogens (primary N) is 1. The molecule has 0 unspecified atom stereocenters. The Morgan fingerprint density at radius 2 is 1.92 bits per heavy atom. The Labute approximate surface area is 81.3 Å². The molecular formula is C10H22N2O. The number of rotatable bonds is 4. The summed E-state index contributed by atoms with van der Waals surface area (Å²) in [7, 11) is 0. The normalized spacial score (nSPS) is 11.5. The smallest absolute Gasteiger partial charge is 0.223 e. The van der Waals surface area contributed by atoms with Gasteiger partial charge in [0.1, 0.15) is 0 Å². The molecule has 0 atom stereocenters. The van der Waals surface area contributed by atoms with E-state index in [2.05, 4.69) is 20.8 Å². The van der Waals surface area contributed by atoms with Crippen molar-refractivity contribution in [2.75, 3.05) is 19.6 Å². The van der Waals surface area contributed by atoms with Gasteiger partial charge < -0.3 is 10.6 Å². The number of likely N-dealkylation sites (N-methyl/N-ethyl adjacent to an activating group) is 1. The zero-order chi connectivity index (χ0) is 10.5. The van der Waals surface area contributed by atoms with Crippen LogP contribution in [0.1, 0.15) is 34.1 Å². The molecule has 0 bridgehead atoms. The molecule has 13 heavy (non-hydrogen) atoms. The molecule has 0 spiro atoms. The summed E-state index contributed by atoms with van der Waals surface area (Å²) in [4.78, 5) is 13.5. The summed E-state index contributed by atoms with van der Waals surface area (Å²) in [5.41, 5.74) is 5.48. The lowest BCUT2D eigenvalue weighted by molar-refractivity contribution is -0.132. The minimum absolute atomic E-state index is 0.0686. The van der Waals surface area contributed by atoms with Gasteiger partial charge in [0.15, 0.2) is 0 Å². The summed E-state index contributed by atoms with van der Waals surface area (Å²) >= 11 is 0. The highest BCUT2D eigenvalue weighted by molar-refractivity contribution is 5.76. The first-order valence-corrected chi connectivity index (χ1v) is 4.88. The first kappa shape index (κ1) is 12.4. The van der Waals surface area contributed by atoms with Gasteiger partial charge in [-0.25, -0.2) is 0 Å². The molecule has 3 nitrogen and oxygen atoms in total. The lowest BCUT2D eigenvalue weighted by Gasteiger charge is -2.25. The number of hydrogen-bond donors (Lipinski definition) is 1. The first-order chi connectivity index (χ1) is 5.90. The van der Waals surface area contributed by atoms with Crippen molar-refractivity contribution in [3.05, 3.63) is 0 Å². The number of hydrogen-bond acceptors (Lipinski definition) is 2. The van der Waals surface area contributed by atoms with E-state index in [4.69, 9.17) is 5.73 Å². The van der Waals surface area contributed by atoms with Crippen molar-refractivity contribution in [2.45, 2.75) is 34.1 Å². The van der Waals surface area contributed by atoms with Crippen LogP contribution in [0.15, 0.2) is 0 Å². The van der Waals surface area contributed by atoms with E-state index in [1.165, 1.54) is 0 Å². The Balaban J connectivity index is 4.06. The van der Waals surface area contributed by atoms with Crippen molar-refractivity contribution in [1.29, 1.82) is 0 Å². The Kier molecular flexibility index (Phi) is 4.99. The average molecular weight is 186 g/mol. The van der Waals surface area contributed by atoms with Gasteiger partial charge in [0.2, 0.25) is 5.91 Å². The summed E-state index contributed by atoms with van der Waals surface area (Å²) < 4.78 is 0. The van der Waals surface area contributed by atoms with Crippen LogP contribution in [0.4, 0.5) is 0 Å². The van der Waals surface area contributed by atoms with Gasteiger partial charge >= 0.3 is 0 Å². The van der Waals surface area contributed by atoms with Crippen LogP contribution in [0, 0.1) is 5.41 Å². The Morgan fingerprint density at radius 3 is 2.23 bits per heavy atom. The van der Waals surface area contributed by atoms with Gasteiger partial charge in [0.05, 0.1) is 0 Å². The number of nitrogens with zero attached hydrogens (tertiary/aromatic N) is 1. The zero-order valence-electron chi connectivity index (χ0n) is 9.26. The van der Waals surface area contributed by atoms with Crippen molar-refractivity contribution in [3.63, 3.8) is 0 Å². The van der Waals surface area contributed by atoms with E-state index in [-0.39, 0.29) is 11.3 Å². The maximum Gasteiger partial charge on any atom is 0.223 e. The lowest BCUT2D eigenvalue weighted by Crippen LogP contribution is -2.36. The van der Waals surface area contributed by atoms with E-state index in [9.17, 15) is 4.79 Å². The number of carbonyl (C=O) groups is 1. The molecule has 0 fully saturated rings. The molecule has 0 aromatic heterocycles. The molecule has 0 aliphatic carbocycles. The third-order valence-electron chi connectivity index (χ3n) is 1.81. The largest absolute Gasteiger partial charge is 0.342 e. The number of carbonyl (C=O) groups excluding carboxylic acids is 1. The predicted molar refractivity (Wildman–Crippen MR) is 55.4 cm³/mol. The summed E-state index contributed by atoms with van der Waals surface area (Å²) in [5.74, 6) is 0.209. The standard InChI is InChI=1S/C10H22N2O/c1-5-12(7-6-11)9(13)8-10(2,3)4/h5-8,11H2,1-4H3. The van der Waals surface area contributed by atoms with Crippen LogP contribution in [0.3, 0.4) is 0 Å². The molecular weight excluding hydrogens is 164 g/mol. The molecule has 78 valence electrons. The third kappa shape index (κ3) is 5.64. The Morgan fingerprint density at radius 1 is 1.38 bits per heavy atom. The van der Waals surface area contributed by atoms with E-state index < -0.39 is 0 Å². The Hall–Kier alpha value is -0.570. The minimum atomic E-state index is 0.0686. The van der Waals surface area contributed by atoms with Gasteiger partial charge in [-0.3, -0.25) is 4.79 Å². The van der Waals surface area contributed by atoms with Gasteiger partial charge in [-0.1, -0.05) is 20.8 Å². The highest BCUT2D eigenvalue weighted by Gasteiger charge is 2.19. The molecule has 2 N–H and O–H groups in total. The van der Waals surface area contributed by atoms with Crippen LogP contribution >= 0.6 is 0 Å². The molecule has 0 aromatic rings. The van der Waals surface area contributed by atoms with Crippen LogP contribution in [0.2, 0.25) is 0 Å². The Bertz CT molecular complexity index is 161. The third-order valence-corrected chi connectivity index (χ3v) is 1.81. The first-order valence-electron chi connectivity index (χ1n) is 4.88. The fourth-order valence-electron chi connectivity index (χ4n) is 1.18. The van der Waals surface area contributed by atoms with Crippen molar-refractivity contribution in [2.24, 2.45) is 11.1 Å². The van der Waals surface area contributed by atoms with Gasteiger partial charge in [-0.2, -0.15) is 0 Å². The molecule has 3 heteroatoms. The zero-order valence-corrected chi connectivity index (χ0v) is 9.26. The van der Waals surface area contributed by atoms with Gasteiger partial charge in [-0.05, 0) is 12.3 Å². The minimum Gasteiger partial charge on any atom is -0.342 e. The van der Waals surface area contributed by atoms with E-state index in [0.29, 0.717) is 19.5 Å². The molecule has 0 heterocycles. The average Bonchev–Trinajstić information content (AvgIpc) is 1.96. The lowest BCUT2D eigenvalue weighted by atomic mass is 9.91. The summed E-state index contributed by atoms with van der Waals surface area (Å²) in [6.45, 7) is 10.2. The van der Waals surface area contributed by atoms with Crippen molar-refractivity contribution >= 4 is 5.91 Å². The fourth-order valence-corrected chi connectivity index (χ4v) is 1.18. The molecule has 1 amide bonds. The molecule has 0 rings (SSSR count). The summed E-state index contributed by atoms with van der Waals surface area (Å²) in [5, 5.41) is 0. The van der Waals surface area contributed by atoms with Crippen molar-refractivity contribution < 1.29 is 4.79 Å². The summed E-state index contributed by atoms with van der Waals surface area (Å²) in [6.07, 6.45) is 0.598. The second-order valence-corrected chi connectivity index (χ2v) is 4.50. The fraction of sp³-hybridized carbons (Fsp3) is 0.900. The molecule has 0 radical (unpaired) electrons.